The summed E-state index contributed by atoms with van der Waals surface area (Å²) in [5.74, 6) is 5.91. The number of nitrogens with two attached hydrogens (primary N) is 1. The van der Waals surface area contributed by atoms with Crippen LogP contribution in [0.5, 0.6) is 5.75 Å². The molecule has 0 saturated heterocycles. The summed E-state index contributed by atoms with van der Waals surface area (Å²) in [6, 6.07) is 6.19. The first-order valence-electron chi connectivity index (χ1n) is 5.76. The number of ether oxygens (including phenoxy) is 1. The zero-order valence-electron chi connectivity index (χ0n) is 11.2. The van der Waals surface area contributed by atoms with Crippen LogP contribution in [0.1, 0.15) is 39.3 Å². The number of phenols is 1. The maximum Gasteiger partial charge on any atom is 0.425 e. The van der Waals surface area contributed by atoms with E-state index in [9.17, 15) is 9.90 Å². The van der Waals surface area contributed by atoms with Crippen molar-refractivity contribution >= 4 is 6.09 Å². The molecule has 0 fully saturated rings. The number of nitrogens with zero attached hydrogens (tertiary/aromatic N) is 1. The van der Waals surface area contributed by atoms with Crippen LogP contribution in [-0.2, 0) is 4.74 Å². The Labute approximate surface area is 107 Å². The molecule has 1 aromatic carbocycles. The molecule has 1 atom stereocenters. The topological polar surface area (TPSA) is 75.8 Å². The van der Waals surface area contributed by atoms with Crippen LogP contribution in [0.25, 0.3) is 0 Å². The molecule has 0 unspecified atom stereocenters. The third kappa shape index (κ3) is 3.92. The maximum atomic E-state index is 11.8. The molecule has 0 radical (unpaired) electrons. The van der Waals surface area contributed by atoms with Gasteiger partial charge in [-0.05, 0) is 45.4 Å². The fraction of sp³-hybridized carbons (Fsp3) is 0.462. The first kappa shape index (κ1) is 14.3. The van der Waals surface area contributed by atoms with Crippen LogP contribution in [0, 0.1) is 0 Å². The lowest BCUT2D eigenvalue weighted by Crippen LogP contribution is -2.42. The van der Waals surface area contributed by atoms with Crippen LogP contribution in [0.3, 0.4) is 0 Å². The summed E-state index contributed by atoms with van der Waals surface area (Å²) in [7, 11) is 0. The van der Waals surface area contributed by atoms with Crippen LogP contribution in [0.4, 0.5) is 4.79 Å². The van der Waals surface area contributed by atoms with Gasteiger partial charge in [-0.25, -0.2) is 15.6 Å². The van der Waals surface area contributed by atoms with E-state index in [0.29, 0.717) is 0 Å². The smallest absolute Gasteiger partial charge is 0.425 e. The lowest BCUT2D eigenvalue weighted by atomic mass is 10.1. The van der Waals surface area contributed by atoms with Crippen LogP contribution in [0.2, 0.25) is 0 Å². The van der Waals surface area contributed by atoms with Crippen molar-refractivity contribution < 1.29 is 14.6 Å². The van der Waals surface area contributed by atoms with Crippen LogP contribution in [-0.4, -0.2) is 21.8 Å². The van der Waals surface area contributed by atoms with Crippen molar-refractivity contribution in [2.45, 2.75) is 39.3 Å². The number of amides is 1. The third-order valence-electron chi connectivity index (χ3n) is 2.40. The molecule has 5 nitrogen and oxygen atoms in total. The monoisotopic (exact) mass is 252 g/mol. The van der Waals surface area contributed by atoms with E-state index >= 15 is 0 Å². The van der Waals surface area contributed by atoms with E-state index in [1.165, 1.54) is 0 Å². The van der Waals surface area contributed by atoms with Gasteiger partial charge in [0.25, 0.3) is 0 Å². The van der Waals surface area contributed by atoms with Gasteiger partial charge in [0.1, 0.15) is 11.4 Å². The molecule has 0 spiro atoms. The summed E-state index contributed by atoms with van der Waals surface area (Å²) in [4.78, 5) is 11.8. The highest BCUT2D eigenvalue weighted by atomic mass is 16.6. The zero-order valence-corrected chi connectivity index (χ0v) is 11.2. The number of aromatic hydroxyl groups is 1. The molecule has 1 rings (SSSR count). The summed E-state index contributed by atoms with van der Waals surface area (Å²) < 4.78 is 5.18. The summed E-state index contributed by atoms with van der Waals surface area (Å²) in [6.07, 6.45) is -0.580. The lowest BCUT2D eigenvalue weighted by molar-refractivity contribution is 0.0171. The zero-order chi connectivity index (χ0) is 13.9. The average molecular weight is 252 g/mol. The molecule has 0 aliphatic carbocycles. The quantitative estimate of drug-likeness (QED) is 0.482. The average Bonchev–Trinajstić information content (AvgIpc) is 2.26. The molecule has 0 aromatic heterocycles. The second kappa shape index (κ2) is 5.27. The van der Waals surface area contributed by atoms with Gasteiger partial charge in [-0.1, -0.05) is 12.1 Å². The van der Waals surface area contributed by atoms with Gasteiger partial charge in [0.2, 0.25) is 0 Å². The number of phenolic OH excluding ortho intramolecular Hbond substituents is 1. The largest absolute Gasteiger partial charge is 0.508 e. The third-order valence-corrected chi connectivity index (χ3v) is 2.40. The summed E-state index contributed by atoms with van der Waals surface area (Å²) >= 11 is 0. The molecular weight excluding hydrogens is 232 g/mol. The minimum absolute atomic E-state index is 0.173. The van der Waals surface area contributed by atoms with Crippen molar-refractivity contribution in [1.82, 2.24) is 5.01 Å². The molecule has 0 bridgehead atoms. The van der Waals surface area contributed by atoms with Crippen molar-refractivity contribution in [2.75, 3.05) is 0 Å². The number of hydrazine groups is 1. The first-order chi connectivity index (χ1) is 8.20. The molecule has 0 aliphatic heterocycles. The van der Waals surface area contributed by atoms with E-state index in [2.05, 4.69) is 0 Å². The van der Waals surface area contributed by atoms with Crippen molar-refractivity contribution in [1.29, 1.82) is 0 Å². The second-order valence-electron chi connectivity index (χ2n) is 5.16. The Morgan fingerprint density at radius 1 is 1.33 bits per heavy atom. The summed E-state index contributed by atoms with van der Waals surface area (Å²) in [5.41, 5.74) is 0.241. The Kier molecular flexibility index (Phi) is 4.19. The van der Waals surface area contributed by atoms with Crippen LogP contribution >= 0.6 is 0 Å². The number of hydrogen-bond acceptors (Lipinski definition) is 4. The molecule has 0 saturated carbocycles. The molecule has 5 heteroatoms. The fourth-order valence-electron chi connectivity index (χ4n) is 1.39. The molecule has 3 N–H and O–H groups in total. The standard InChI is InChI=1S/C13H20N2O3/c1-9(10-5-7-11(16)8-6-10)15(14)12(17)18-13(2,3)4/h5-9,16H,14H2,1-4H3/t9-/m0/s1. The van der Waals surface area contributed by atoms with Crippen LogP contribution < -0.4 is 5.84 Å². The number of rotatable bonds is 2. The van der Waals surface area contributed by atoms with Crippen molar-refractivity contribution in [3.8, 4) is 5.75 Å². The van der Waals surface area contributed by atoms with E-state index in [1.54, 1.807) is 52.0 Å². The molecule has 0 aliphatic rings. The molecule has 1 amide bonds. The minimum Gasteiger partial charge on any atom is -0.508 e. The SMILES string of the molecule is C[C@@H](c1ccc(O)cc1)N(N)C(=O)OC(C)(C)C. The van der Waals surface area contributed by atoms with Crippen molar-refractivity contribution in [3.05, 3.63) is 29.8 Å². The van der Waals surface area contributed by atoms with E-state index in [0.717, 1.165) is 10.6 Å². The van der Waals surface area contributed by atoms with E-state index in [1.807, 2.05) is 0 Å². The number of benzene rings is 1. The van der Waals surface area contributed by atoms with E-state index in [-0.39, 0.29) is 11.8 Å². The highest BCUT2D eigenvalue weighted by Crippen LogP contribution is 2.21. The van der Waals surface area contributed by atoms with Crippen molar-refractivity contribution in [2.24, 2.45) is 5.84 Å². The summed E-state index contributed by atoms with van der Waals surface area (Å²) in [6.45, 7) is 7.13. The van der Waals surface area contributed by atoms with E-state index < -0.39 is 11.7 Å². The molecule has 100 valence electrons. The Hall–Kier alpha value is -1.75. The Morgan fingerprint density at radius 2 is 1.83 bits per heavy atom. The number of carbonyl (C=O) groups excluding carboxylic acids is 1. The van der Waals surface area contributed by atoms with Gasteiger partial charge in [-0.2, -0.15) is 0 Å². The second-order valence-corrected chi connectivity index (χ2v) is 5.16. The first-order valence-corrected chi connectivity index (χ1v) is 5.76. The van der Waals surface area contributed by atoms with Gasteiger partial charge in [0.05, 0.1) is 6.04 Å². The van der Waals surface area contributed by atoms with Crippen molar-refractivity contribution in [3.63, 3.8) is 0 Å². The van der Waals surface area contributed by atoms with Gasteiger partial charge >= 0.3 is 6.09 Å². The Morgan fingerprint density at radius 3 is 2.28 bits per heavy atom. The van der Waals surface area contributed by atoms with Gasteiger partial charge in [0, 0.05) is 0 Å². The fourth-order valence-corrected chi connectivity index (χ4v) is 1.39. The van der Waals surface area contributed by atoms with Gasteiger partial charge in [-0.3, -0.25) is 0 Å². The van der Waals surface area contributed by atoms with Crippen LogP contribution in [0.15, 0.2) is 24.3 Å². The molecule has 1 aromatic rings. The Balaban J connectivity index is 2.74. The maximum absolute atomic E-state index is 11.8. The number of hydrogen-bond donors (Lipinski definition) is 2. The Bertz CT molecular complexity index is 409. The lowest BCUT2D eigenvalue weighted by Gasteiger charge is -2.28. The highest BCUT2D eigenvalue weighted by molar-refractivity contribution is 5.68. The minimum atomic E-state index is -0.580. The normalized spacial score (nSPS) is 12.9. The van der Waals surface area contributed by atoms with Gasteiger partial charge in [-0.15, -0.1) is 0 Å². The van der Waals surface area contributed by atoms with Gasteiger partial charge < -0.3 is 9.84 Å². The predicted octanol–water partition coefficient (Wildman–Crippen LogP) is 2.56. The molecule has 18 heavy (non-hydrogen) atoms. The predicted molar refractivity (Wildman–Crippen MR) is 68.8 cm³/mol. The van der Waals surface area contributed by atoms with Gasteiger partial charge in [0.15, 0.2) is 0 Å². The molecular formula is C13H20N2O3. The van der Waals surface area contributed by atoms with E-state index in [4.69, 9.17) is 10.6 Å². The highest BCUT2D eigenvalue weighted by Gasteiger charge is 2.24. The molecule has 0 heterocycles. The number of carbonyl (C=O) groups is 1. The summed E-state index contributed by atoms with van der Waals surface area (Å²) in [5, 5.41) is 10.2.